The van der Waals surface area contributed by atoms with E-state index in [4.69, 9.17) is 10.6 Å². The van der Waals surface area contributed by atoms with Crippen LogP contribution in [0.15, 0.2) is 22.3 Å². The molecule has 8 heteroatoms. The van der Waals surface area contributed by atoms with E-state index < -0.39 is 0 Å². The zero-order chi connectivity index (χ0) is 14.7. The highest BCUT2D eigenvalue weighted by Crippen LogP contribution is 2.18. The van der Waals surface area contributed by atoms with Crippen molar-refractivity contribution in [2.45, 2.75) is 13.5 Å². The highest BCUT2D eigenvalue weighted by atomic mass is 32.1. The summed E-state index contributed by atoms with van der Waals surface area (Å²) in [5.74, 6) is 4.75. The summed E-state index contributed by atoms with van der Waals surface area (Å²) in [6.45, 7) is 1.91. The highest BCUT2D eigenvalue weighted by molar-refractivity contribution is 7.12. The molecule has 0 saturated carbocycles. The number of aromatic nitrogens is 2. The Labute approximate surface area is 119 Å². The Morgan fingerprint density at radius 2 is 2.35 bits per heavy atom. The summed E-state index contributed by atoms with van der Waals surface area (Å²) in [6, 6.07) is 3.39. The van der Waals surface area contributed by atoms with Crippen LogP contribution in [0.25, 0.3) is 0 Å². The van der Waals surface area contributed by atoms with Gasteiger partial charge in [0.2, 0.25) is 0 Å². The number of hydrazine groups is 1. The number of nitrogens with zero attached hydrogens (tertiary/aromatic N) is 2. The number of carbonyl (C=O) groups excluding carboxylic acids is 1. The standard InChI is InChI=1S/C12H14N4O3S/c1-7-5-9(17)16(12(14-7)19-2)6-8-3-4-20-10(8)11(18)15-13/h3-5H,6,13H2,1-2H3,(H,15,18). The van der Waals surface area contributed by atoms with Gasteiger partial charge in [0.1, 0.15) is 0 Å². The molecular formula is C12H14N4O3S. The Morgan fingerprint density at radius 1 is 1.60 bits per heavy atom. The maximum absolute atomic E-state index is 12.0. The van der Waals surface area contributed by atoms with Crippen molar-refractivity contribution < 1.29 is 9.53 Å². The van der Waals surface area contributed by atoms with E-state index in [1.165, 1.54) is 29.1 Å². The number of amides is 1. The summed E-state index contributed by atoms with van der Waals surface area (Å²) in [7, 11) is 1.44. The third kappa shape index (κ3) is 2.70. The molecule has 2 heterocycles. The van der Waals surface area contributed by atoms with E-state index in [0.29, 0.717) is 16.1 Å². The molecule has 2 aromatic heterocycles. The van der Waals surface area contributed by atoms with E-state index in [1.807, 2.05) is 0 Å². The average molecular weight is 294 g/mol. The molecule has 0 unspecified atom stereocenters. The van der Waals surface area contributed by atoms with Gasteiger partial charge in [0.15, 0.2) is 0 Å². The first-order valence-electron chi connectivity index (χ1n) is 5.76. The number of hydrogen-bond acceptors (Lipinski definition) is 6. The van der Waals surface area contributed by atoms with Crippen LogP contribution in [0.5, 0.6) is 6.01 Å². The van der Waals surface area contributed by atoms with E-state index in [-0.39, 0.29) is 24.0 Å². The van der Waals surface area contributed by atoms with E-state index >= 15 is 0 Å². The third-order valence-electron chi connectivity index (χ3n) is 2.70. The van der Waals surface area contributed by atoms with Crippen molar-refractivity contribution in [3.63, 3.8) is 0 Å². The number of hydrogen-bond donors (Lipinski definition) is 2. The van der Waals surface area contributed by atoms with Gasteiger partial charge >= 0.3 is 0 Å². The lowest BCUT2D eigenvalue weighted by atomic mass is 10.2. The van der Waals surface area contributed by atoms with Gasteiger partial charge in [-0.2, -0.15) is 0 Å². The van der Waals surface area contributed by atoms with Gasteiger partial charge in [0, 0.05) is 11.8 Å². The minimum atomic E-state index is -0.387. The number of ether oxygens (including phenoxy) is 1. The molecule has 7 nitrogen and oxygen atoms in total. The van der Waals surface area contributed by atoms with Crippen LogP contribution >= 0.6 is 11.3 Å². The summed E-state index contributed by atoms with van der Waals surface area (Å²) in [5.41, 5.74) is 3.11. The summed E-state index contributed by atoms with van der Waals surface area (Å²) in [6.07, 6.45) is 0. The average Bonchev–Trinajstić information content (AvgIpc) is 2.88. The highest BCUT2D eigenvalue weighted by Gasteiger charge is 2.15. The predicted molar refractivity (Wildman–Crippen MR) is 74.9 cm³/mol. The minimum Gasteiger partial charge on any atom is -0.468 e. The van der Waals surface area contributed by atoms with E-state index in [0.717, 1.165) is 0 Å². The lowest BCUT2D eigenvalue weighted by Crippen LogP contribution is -2.30. The second-order valence-electron chi connectivity index (χ2n) is 4.06. The van der Waals surface area contributed by atoms with Crippen LogP contribution in [0.2, 0.25) is 0 Å². The number of aryl methyl sites for hydroxylation is 1. The molecular weight excluding hydrogens is 280 g/mol. The second kappa shape index (κ2) is 5.85. The van der Waals surface area contributed by atoms with Crippen LogP contribution < -0.4 is 21.6 Å². The van der Waals surface area contributed by atoms with Crippen molar-refractivity contribution in [3.05, 3.63) is 44.0 Å². The van der Waals surface area contributed by atoms with Crippen molar-refractivity contribution in [1.29, 1.82) is 0 Å². The first kappa shape index (κ1) is 14.2. The fourth-order valence-electron chi connectivity index (χ4n) is 1.79. The molecule has 2 aromatic rings. The van der Waals surface area contributed by atoms with Gasteiger partial charge < -0.3 is 4.74 Å². The molecule has 1 amide bonds. The lowest BCUT2D eigenvalue weighted by Gasteiger charge is -2.11. The zero-order valence-electron chi connectivity index (χ0n) is 11.0. The Balaban J connectivity index is 2.43. The van der Waals surface area contributed by atoms with Crippen molar-refractivity contribution in [1.82, 2.24) is 15.0 Å². The Morgan fingerprint density at radius 3 is 3.00 bits per heavy atom. The number of nitrogen functional groups attached to an aromatic ring is 1. The first-order chi connectivity index (χ1) is 9.56. The quantitative estimate of drug-likeness (QED) is 0.479. The van der Waals surface area contributed by atoms with Crippen LogP contribution in [-0.4, -0.2) is 22.6 Å². The van der Waals surface area contributed by atoms with E-state index in [1.54, 1.807) is 18.4 Å². The molecule has 0 aromatic carbocycles. The topological polar surface area (TPSA) is 99.2 Å². The number of nitrogens with one attached hydrogen (secondary N) is 1. The molecule has 2 rings (SSSR count). The number of thiophene rings is 1. The van der Waals surface area contributed by atoms with Gasteiger partial charge in [-0.05, 0) is 23.9 Å². The van der Waals surface area contributed by atoms with Gasteiger partial charge in [-0.3, -0.25) is 19.6 Å². The third-order valence-corrected chi connectivity index (χ3v) is 3.65. The summed E-state index contributed by atoms with van der Waals surface area (Å²) in [5, 5.41) is 1.76. The predicted octanol–water partition coefficient (Wildman–Crippen LogP) is 0.274. The second-order valence-corrected chi connectivity index (χ2v) is 4.97. The summed E-state index contributed by atoms with van der Waals surface area (Å²) in [4.78, 5) is 28.2. The van der Waals surface area contributed by atoms with Gasteiger partial charge in [-0.25, -0.2) is 10.8 Å². The van der Waals surface area contributed by atoms with E-state index in [9.17, 15) is 9.59 Å². The van der Waals surface area contributed by atoms with Crippen LogP contribution in [0.4, 0.5) is 0 Å². The van der Waals surface area contributed by atoms with Gasteiger partial charge in [0.25, 0.3) is 17.5 Å². The molecule has 0 atom stereocenters. The van der Waals surface area contributed by atoms with Crippen LogP contribution in [0.3, 0.4) is 0 Å². The van der Waals surface area contributed by atoms with Crippen molar-refractivity contribution in [2.24, 2.45) is 5.84 Å². The number of nitrogens with two attached hydrogens (primary N) is 1. The minimum absolute atomic E-state index is 0.196. The van der Waals surface area contributed by atoms with Crippen molar-refractivity contribution in [3.8, 4) is 6.01 Å². The molecule has 0 aliphatic carbocycles. The van der Waals surface area contributed by atoms with Gasteiger partial charge in [-0.1, -0.05) is 0 Å². The molecule has 0 aliphatic rings. The molecule has 106 valence electrons. The van der Waals surface area contributed by atoms with Gasteiger partial charge in [0.05, 0.1) is 18.5 Å². The number of methoxy groups -OCH3 is 1. The lowest BCUT2D eigenvalue weighted by molar-refractivity contribution is 0.0956. The molecule has 3 N–H and O–H groups in total. The number of carbonyl (C=O) groups is 1. The summed E-state index contributed by atoms with van der Waals surface area (Å²) >= 11 is 1.26. The maximum Gasteiger partial charge on any atom is 0.299 e. The van der Waals surface area contributed by atoms with Crippen LogP contribution in [0.1, 0.15) is 20.9 Å². The van der Waals surface area contributed by atoms with Crippen molar-refractivity contribution in [2.75, 3.05) is 7.11 Å². The van der Waals surface area contributed by atoms with Crippen molar-refractivity contribution >= 4 is 17.2 Å². The Kier molecular flexibility index (Phi) is 4.16. The largest absolute Gasteiger partial charge is 0.468 e. The molecule has 0 fully saturated rings. The first-order valence-corrected chi connectivity index (χ1v) is 6.64. The molecule has 0 spiro atoms. The number of rotatable bonds is 4. The maximum atomic E-state index is 12.0. The summed E-state index contributed by atoms with van der Waals surface area (Å²) < 4.78 is 6.48. The molecule has 0 radical (unpaired) electrons. The van der Waals surface area contributed by atoms with Crippen LogP contribution in [-0.2, 0) is 6.54 Å². The SMILES string of the molecule is COc1nc(C)cc(=O)n1Cc1ccsc1C(=O)NN. The molecule has 0 bridgehead atoms. The fraction of sp³-hybridized carbons (Fsp3) is 0.250. The molecule has 0 saturated heterocycles. The van der Waals surface area contributed by atoms with Crippen LogP contribution in [0, 0.1) is 6.92 Å². The smallest absolute Gasteiger partial charge is 0.299 e. The fourth-order valence-corrected chi connectivity index (χ4v) is 2.61. The monoisotopic (exact) mass is 294 g/mol. The van der Waals surface area contributed by atoms with Gasteiger partial charge in [-0.15, -0.1) is 11.3 Å². The molecule has 20 heavy (non-hydrogen) atoms. The zero-order valence-corrected chi connectivity index (χ0v) is 11.9. The normalized spacial score (nSPS) is 10.3. The molecule has 0 aliphatic heterocycles. The Bertz CT molecular complexity index is 692. The van der Waals surface area contributed by atoms with E-state index in [2.05, 4.69) is 10.4 Å². The Hall–Kier alpha value is -2.19.